The standard InChI is InChI=1S/C13H12ClN3O2/c14-9-2-4-10(5-3-9)17-12-6-1-8(13(18)19)7-11(12)15-16-17/h2-5,8H,1,6-7H2,(H,18,19). The van der Waals surface area contributed by atoms with Gasteiger partial charge in [-0.15, -0.1) is 5.10 Å². The summed E-state index contributed by atoms with van der Waals surface area (Å²) in [6, 6.07) is 7.35. The fraction of sp³-hybridized carbons (Fsp3) is 0.308. The Morgan fingerprint density at radius 2 is 2.11 bits per heavy atom. The van der Waals surface area contributed by atoms with Gasteiger partial charge in [0.1, 0.15) is 0 Å². The lowest BCUT2D eigenvalue weighted by molar-refractivity contribution is -0.142. The van der Waals surface area contributed by atoms with E-state index in [1.54, 1.807) is 16.8 Å². The predicted octanol–water partition coefficient (Wildman–Crippen LogP) is 2.11. The summed E-state index contributed by atoms with van der Waals surface area (Å²) in [5, 5.41) is 17.9. The molecule has 0 radical (unpaired) electrons. The van der Waals surface area contributed by atoms with Crippen molar-refractivity contribution in [1.82, 2.24) is 15.0 Å². The first-order chi connectivity index (χ1) is 9.15. The molecule has 1 aliphatic rings. The van der Waals surface area contributed by atoms with E-state index < -0.39 is 5.97 Å². The summed E-state index contributed by atoms with van der Waals surface area (Å²) in [4.78, 5) is 11.0. The summed E-state index contributed by atoms with van der Waals surface area (Å²) in [6.07, 6.45) is 1.77. The largest absolute Gasteiger partial charge is 0.481 e. The fourth-order valence-electron chi connectivity index (χ4n) is 2.39. The molecule has 0 saturated heterocycles. The third-order valence-corrected chi connectivity index (χ3v) is 3.69. The lowest BCUT2D eigenvalue weighted by Crippen LogP contribution is -2.23. The topological polar surface area (TPSA) is 68.0 Å². The van der Waals surface area contributed by atoms with Gasteiger partial charge in [0.25, 0.3) is 0 Å². The van der Waals surface area contributed by atoms with Crippen molar-refractivity contribution in [1.29, 1.82) is 0 Å². The van der Waals surface area contributed by atoms with Gasteiger partial charge in [0, 0.05) is 11.4 Å². The number of hydrogen-bond donors (Lipinski definition) is 1. The van der Waals surface area contributed by atoms with Gasteiger partial charge in [-0.2, -0.15) is 0 Å². The Bertz CT molecular complexity index is 621. The van der Waals surface area contributed by atoms with E-state index >= 15 is 0 Å². The van der Waals surface area contributed by atoms with Crippen molar-refractivity contribution in [3.8, 4) is 5.69 Å². The second-order valence-electron chi connectivity index (χ2n) is 4.65. The minimum absolute atomic E-state index is 0.345. The maximum absolute atomic E-state index is 11.0. The van der Waals surface area contributed by atoms with Crippen molar-refractivity contribution in [3.63, 3.8) is 0 Å². The second-order valence-corrected chi connectivity index (χ2v) is 5.09. The van der Waals surface area contributed by atoms with Crippen molar-refractivity contribution in [3.05, 3.63) is 40.7 Å². The van der Waals surface area contributed by atoms with E-state index in [2.05, 4.69) is 10.3 Å². The second kappa shape index (κ2) is 4.66. The number of hydrogen-bond acceptors (Lipinski definition) is 3. The molecular weight excluding hydrogens is 266 g/mol. The molecule has 19 heavy (non-hydrogen) atoms. The van der Waals surface area contributed by atoms with E-state index in [9.17, 15) is 4.79 Å². The van der Waals surface area contributed by atoms with Crippen LogP contribution in [0.3, 0.4) is 0 Å². The van der Waals surface area contributed by atoms with Gasteiger partial charge in [-0.05, 0) is 37.1 Å². The van der Waals surface area contributed by atoms with E-state index in [0.717, 1.165) is 17.1 Å². The Hall–Kier alpha value is -1.88. The summed E-state index contributed by atoms with van der Waals surface area (Å²) in [7, 11) is 0. The molecular formula is C13H12ClN3O2. The van der Waals surface area contributed by atoms with E-state index in [1.165, 1.54) is 0 Å². The zero-order chi connectivity index (χ0) is 13.4. The van der Waals surface area contributed by atoms with Crippen LogP contribution in [0.25, 0.3) is 5.69 Å². The molecule has 0 saturated carbocycles. The molecule has 98 valence electrons. The maximum Gasteiger partial charge on any atom is 0.306 e. The number of fused-ring (bicyclic) bond motifs is 1. The molecule has 0 fully saturated rings. The van der Waals surface area contributed by atoms with Crippen LogP contribution in [0.2, 0.25) is 5.02 Å². The summed E-state index contributed by atoms with van der Waals surface area (Å²) in [5.74, 6) is -1.10. The minimum Gasteiger partial charge on any atom is -0.481 e. The number of carbonyl (C=O) groups is 1. The molecule has 2 aromatic rings. The third-order valence-electron chi connectivity index (χ3n) is 3.43. The molecule has 0 aliphatic heterocycles. The first kappa shape index (κ1) is 12.2. The summed E-state index contributed by atoms with van der Waals surface area (Å²) < 4.78 is 1.77. The molecule has 0 bridgehead atoms. The number of aliphatic carboxylic acids is 1. The number of nitrogens with zero attached hydrogens (tertiary/aromatic N) is 3. The molecule has 1 aliphatic carbocycles. The SMILES string of the molecule is O=C(O)C1CCc2c(nnn2-c2ccc(Cl)cc2)C1. The van der Waals surface area contributed by atoms with Crippen LogP contribution >= 0.6 is 11.6 Å². The van der Waals surface area contributed by atoms with Crippen LogP contribution in [0, 0.1) is 5.92 Å². The summed E-state index contributed by atoms with van der Waals surface area (Å²) in [6.45, 7) is 0. The molecule has 3 rings (SSSR count). The Labute approximate surface area is 114 Å². The van der Waals surface area contributed by atoms with E-state index in [-0.39, 0.29) is 5.92 Å². The molecule has 1 aromatic carbocycles. The molecule has 1 heterocycles. The number of carboxylic acids is 1. The van der Waals surface area contributed by atoms with E-state index in [4.69, 9.17) is 16.7 Å². The third kappa shape index (κ3) is 2.21. The Morgan fingerprint density at radius 3 is 2.79 bits per heavy atom. The monoisotopic (exact) mass is 277 g/mol. The number of rotatable bonds is 2. The van der Waals surface area contributed by atoms with Crippen molar-refractivity contribution < 1.29 is 9.90 Å². The van der Waals surface area contributed by atoms with Crippen molar-refractivity contribution >= 4 is 17.6 Å². The van der Waals surface area contributed by atoms with E-state index in [1.807, 2.05) is 12.1 Å². The van der Waals surface area contributed by atoms with Crippen LogP contribution in [-0.4, -0.2) is 26.1 Å². The number of aromatic nitrogens is 3. The summed E-state index contributed by atoms with van der Waals surface area (Å²) >= 11 is 5.86. The smallest absolute Gasteiger partial charge is 0.306 e. The van der Waals surface area contributed by atoms with Gasteiger partial charge in [0.15, 0.2) is 0 Å². The normalized spacial score (nSPS) is 18.1. The summed E-state index contributed by atoms with van der Waals surface area (Å²) in [5.41, 5.74) is 2.68. The van der Waals surface area contributed by atoms with Crippen LogP contribution in [0.4, 0.5) is 0 Å². The van der Waals surface area contributed by atoms with Crippen LogP contribution in [0.15, 0.2) is 24.3 Å². The van der Waals surface area contributed by atoms with Crippen molar-refractivity contribution in [2.75, 3.05) is 0 Å². The highest BCUT2D eigenvalue weighted by atomic mass is 35.5. The van der Waals surface area contributed by atoms with Gasteiger partial charge in [-0.3, -0.25) is 4.79 Å². The highest BCUT2D eigenvalue weighted by Gasteiger charge is 2.28. The van der Waals surface area contributed by atoms with Gasteiger partial charge in [0.05, 0.1) is 23.0 Å². The number of benzene rings is 1. The number of carboxylic acid groups (broad SMARTS) is 1. The highest BCUT2D eigenvalue weighted by Crippen LogP contribution is 2.26. The molecule has 1 unspecified atom stereocenters. The van der Waals surface area contributed by atoms with Crippen LogP contribution in [0.1, 0.15) is 17.8 Å². The molecule has 1 atom stereocenters. The van der Waals surface area contributed by atoms with Crippen LogP contribution in [0.5, 0.6) is 0 Å². The first-order valence-corrected chi connectivity index (χ1v) is 6.45. The minimum atomic E-state index is -0.758. The average Bonchev–Trinajstić information content (AvgIpc) is 2.82. The molecule has 5 nitrogen and oxygen atoms in total. The zero-order valence-electron chi connectivity index (χ0n) is 10.1. The van der Waals surface area contributed by atoms with Gasteiger partial charge in [-0.25, -0.2) is 4.68 Å². The van der Waals surface area contributed by atoms with Gasteiger partial charge >= 0.3 is 5.97 Å². The molecule has 6 heteroatoms. The highest BCUT2D eigenvalue weighted by molar-refractivity contribution is 6.30. The predicted molar refractivity (Wildman–Crippen MR) is 69.5 cm³/mol. The Balaban J connectivity index is 1.95. The van der Waals surface area contributed by atoms with Gasteiger partial charge < -0.3 is 5.11 Å². The molecule has 1 N–H and O–H groups in total. The lowest BCUT2D eigenvalue weighted by atomic mass is 9.90. The van der Waals surface area contributed by atoms with Crippen molar-refractivity contribution in [2.24, 2.45) is 5.92 Å². The molecule has 0 amide bonds. The zero-order valence-corrected chi connectivity index (χ0v) is 10.8. The maximum atomic E-state index is 11.0. The van der Waals surface area contributed by atoms with Crippen LogP contribution < -0.4 is 0 Å². The lowest BCUT2D eigenvalue weighted by Gasteiger charge is -2.18. The fourth-order valence-corrected chi connectivity index (χ4v) is 2.51. The molecule has 1 aromatic heterocycles. The van der Waals surface area contributed by atoms with Crippen molar-refractivity contribution in [2.45, 2.75) is 19.3 Å². The number of halogens is 1. The van der Waals surface area contributed by atoms with Crippen LogP contribution in [-0.2, 0) is 17.6 Å². The first-order valence-electron chi connectivity index (χ1n) is 6.07. The van der Waals surface area contributed by atoms with E-state index in [0.29, 0.717) is 24.3 Å². The Morgan fingerprint density at radius 1 is 1.37 bits per heavy atom. The quantitative estimate of drug-likeness (QED) is 0.913. The average molecular weight is 278 g/mol. The van der Waals surface area contributed by atoms with Gasteiger partial charge in [0.2, 0.25) is 0 Å². The van der Waals surface area contributed by atoms with Gasteiger partial charge in [-0.1, -0.05) is 16.8 Å². The Kier molecular flexibility index (Phi) is 2.98. The molecule has 0 spiro atoms.